The minimum atomic E-state index is -0.497. The van der Waals surface area contributed by atoms with E-state index >= 15 is 0 Å². The Morgan fingerprint density at radius 2 is 2.04 bits per heavy atom. The van der Waals surface area contributed by atoms with Gasteiger partial charge in [-0.3, -0.25) is 4.79 Å². The third kappa shape index (κ3) is 5.47. The lowest BCUT2D eigenvalue weighted by Crippen LogP contribution is -2.14. The molecule has 0 spiro atoms. The van der Waals surface area contributed by atoms with Crippen LogP contribution >= 0.6 is 31.9 Å². The number of benzene rings is 2. The van der Waals surface area contributed by atoms with Crippen molar-refractivity contribution < 1.29 is 9.53 Å². The summed E-state index contributed by atoms with van der Waals surface area (Å²) in [6.45, 7) is 3.94. The molecule has 0 aliphatic heterocycles. The third-order valence-corrected chi connectivity index (χ3v) is 4.68. The third-order valence-electron chi connectivity index (χ3n) is 3.63. The predicted molar refractivity (Wildman–Crippen MR) is 114 cm³/mol. The molecule has 0 aliphatic carbocycles. The fourth-order valence-corrected chi connectivity index (χ4v) is 3.77. The second kappa shape index (κ2) is 9.41. The van der Waals surface area contributed by atoms with Crippen LogP contribution in [0.1, 0.15) is 16.7 Å². The first kappa shape index (κ1) is 20.8. The number of halogens is 2. The van der Waals surface area contributed by atoms with Gasteiger partial charge in [0.15, 0.2) is 0 Å². The van der Waals surface area contributed by atoms with Crippen LogP contribution in [0.4, 0.5) is 5.69 Å². The van der Waals surface area contributed by atoms with E-state index in [0.29, 0.717) is 21.5 Å². The van der Waals surface area contributed by atoms with Crippen molar-refractivity contribution in [1.82, 2.24) is 0 Å². The van der Waals surface area contributed by atoms with Crippen molar-refractivity contribution in [1.29, 1.82) is 5.26 Å². The van der Waals surface area contributed by atoms with Gasteiger partial charge in [0, 0.05) is 15.7 Å². The molecule has 0 aromatic heterocycles. The summed E-state index contributed by atoms with van der Waals surface area (Å²) < 4.78 is 6.98. The normalized spacial score (nSPS) is 10.7. The number of carbonyl (C=O) groups is 1. The highest BCUT2D eigenvalue weighted by atomic mass is 79.9. The molecule has 0 unspecified atom stereocenters. The van der Waals surface area contributed by atoms with Gasteiger partial charge in [-0.25, -0.2) is 0 Å². The van der Waals surface area contributed by atoms with E-state index < -0.39 is 5.91 Å². The van der Waals surface area contributed by atoms with E-state index in [2.05, 4.69) is 43.1 Å². The van der Waals surface area contributed by atoms with Crippen LogP contribution in [-0.4, -0.2) is 12.5 Å². The molecule has 0 saturated heterocycles. The zero-order valence-corrected chi connectivity index (χ0v) is 17.9. The average molecular weight is 488 g/mol. The van der Waals surface area contributed by atoms with Crippen molar-refractivity contribution >= 4 is 49.5 Å². The number of hydrogen-bond acceptors (Lipinski definition) is 3. The lowest BCUT2D eigenvalue weighted by atomic mass is 10.1. The maximum absolute atomic E-state index is 12.6. The molecule has 0 heterocycles. The summed E-state index contributed by atoms with van der Waals surface area (Å²) >= 11 is 6.81. The van der Waals surface area contributed by atoms with Gasteiger partial charge in [-0.15, -0.1) is 6.42 Å². The first-order chi connectivity index (χ1) is 12.8. The van der Waals surface area contributed by atoms with Crippen LogP contribution in [-0.2, 0) is 4.79 Å². The summed E-state index contributed by atoms with van der Waals surface area (Å²) in [6.07, 6.45) is 6.73. The van der Waals surface area contributed by atoms with Crippen molar-refractivity contribution in [2.45, 2.75) is 13.8 Å². The Bertz CT molecular complexity index is 998. The van der Waals surface area contributed by atoms with Gasteiger partial charge in [-0.2, -0.15) is 5.26 Å². The molecule has 6 heteroatoms. The Morgan fingerprint density at radius 3 is 2.67 bits per heavy atom. The lowest BCUT2D eigenvalue weighted by molar-refractivity contribution is -0.112. The van der Waals surface area contributed by atoms with Gasteiger partial charge in [-0.1, -0.05) is 39.5 Å². The molecule has 2 aromatic rings. The number of nitriles is 1. The van der Waals surface area contributed by atoms with E-state index in [1.165, 1.54) is 6.08 Å². The number of terminal acetylenes is 1. The molecule has 1 amide bonds. The lowest BCUT2D eigenvalue weighted by Gasteiger charge is -2.11. The number of anilines is 1. The smallest absolute Gasteiger partial charge is 0.266 e. The molecular weight excluding hydrogens is 472 g/mol. The molecule has 1 N–H and O–H groups in total. The monoisotopic (exact) mass is 486 g/mol. The molecule has 0 atom stereocenters. The standard InChI is InChI=1S/C21H16Br2N2O2/c1-4-7-27-20-15(10-17(22)11-18(20)23)9-16(12-24)21(26)25-19-6-5-13(2)8-14(19)3/h1,5-6,8-11H,7H2,2-3H3,(H,25,26)/b16-9+. The number of carbonyl (C=O) groups excluding carboxylic acids is 1. The maximum Gasteiger partial charge on any atom is 0.266 e. The van der Waals surface area contributed by atoms with Gasteiger partial charge in [0.1, 0.15) is 24.0 Å². The largest absolute Gasteiger partial charge is 0.479 e. The number of amides is 1. The van der Waals surface area contributed by atoms with E-state index in [1.807, 2.05) is 38.1 Å². The predicted octanol–water partition coefficient (Wildman–Crippen LogP) is 5.39. The Hall–Kier alpha value is -2.54. The van der Waals surface area contributed by atoms with E-state index in [4.69, 9.17) is 11.2 Å². The first-order valence-electron chi connectivity index (χ1n) is 7.91. The topological polar surface area (TPSA) is 62.1 Å². The highest BCUT2D eigenvalue weighted by molar-refractivity contribution is 9.11. The number of nitrogens with one attached hydrogen (secondary N) is 1. The molecule has 27 heavy (non-hydrogen) atoms. The van der Waals surface area contributed by atoms with Crippen LogP contribution < -0.4 is 10.1 Å². The highest BCUT2D eigenvalue weighted by Gasteiger charge is 2.14. The highest BCUT2D eigenvalue weighted by Crippen LogP contribution is 2.34. The second-order valence-electron chi connectivity index (χ2n) is 5.74. The summed E-state index contributed by atoms with van der Waals surface area (Å²) in [7, 11) is 0. The number of rotatable bonds is 5. The first-order valence-corrected chi connectivity index (χ1v) is 9.50. The minimum absolute atomic E-state index is 0.0504. The van der Waals surface area contributed by atoms with Gasteiger partial charge < -0.3 is 10.1 Å². The fraction of sp³-hybridized carbons (Fsp3) is 0.143. The van der Waals surface area contributed by atoms with E-state index in [0.717, 1.165) is 15.6 Å². The number of nitrogens with zero attached hydrogens (tertiary/aromatic N) is 1. The molecule has 0 radical (unpaired) electrons. The molecule has 4 nitrogen and oxygen atoms in total. The summed E-state index contributed by atoms with van der Waals surface area (Å²) in [6, 6.07) is 11.2. The summed E-state index contributed by atoms with van der Waals surface area (Å²) in [5, 5.41) is 12.3. The number of hydrogen-bond donors (Lipinski definition) is 1. The minimum Gasteiger partial charge on any atom is -0.479 e. The quantitative estimate of drug-likeness (QED) is 0.349. The van der Waals surface area contributed by atoms with Crippen molar-refractivity contribution in [3.63, 3.8) is 0 Å². The van der Waals surface area contributed by atoms with Crippen molar-refractivity contribution in [2.75, 3.05) is 11.9 Å². The molecule has 136 valence electrons. The van der Waals surface area contributed by atoms with E-state index in [-0.39, 0.29) is 12.2 Å². The van der Waals surface area contributed by atoms with E-state index in [1.54, 1.807) is 12.1 Å². The number of aryl methyl sites for hydroxylation is 2. The SMILES string of the molecule is C#CCOc1c(Br)cc(Br)cc1/C=C(\C#N)C(=O)Nc1ccc(C)cc1C. The van der Waals surface area contributed by atoms with Crippen LogP contribution in [0.2, 0.25) is 0 Å². The van der Waals surface area contributed by atoms with Crippen molar-refractivity contribution in [2.24, 2.45) is 0 Å². The number of ether oxygens (including phenoxy) is 1. The molecule has 2 aromatic carbocycles. The van der Waals surface area contributed by atoms with Gasteiger partial charge in [0.05, 0.1) is 4.47 Å². The average Bonchev–Trinajstić information content (AvgIpc) is 2.61. The molecular formula is C21H16Br2N2O2. The maximum atomic E-state index is 12.6. The van der Waals surface area contributed by atoms with Crippen LogP contribution in [0.25, 0.3) is 6.08 Å². The zero-order chi connectivity index (χ0) is 20.0. The molecule has 0 aliphatic rings. The van der Waals surface area contributed by atoms with Crippen molar-refractivity contribution in [3.05, 3.63) is 61.5 Å². The Labute approximate surface area is 175 Å². The molecule has 0 bridgehead atoms. The van der Waals surface area contributed by atoms with Crippen LogP contribution in [0, 0.1) is 37.5 Å². The Morgan fingerprint density at radius 1 is 1.30 bits per heavy atom. The van der Waals surface area contributed by atoms with Crippen LogP contribution in [0.5, 0.6) is 5.75 Å². The van der Waals surface area contributed by atoms with Crippen LogP contribution in [0.3, 0.4) is 0 Å². The Balaban J connectivity index is 2.39. The van der Waals surface area contributed by atoms with Gasteiger partial charge in [0.25, 0.3) is 5.91 Å². The van der Waals surface area contributed by atoms with Crippen LogP contribution in [0.15, 0.2) is 44.9 Å². The second-order valence-corrected chi connectivity index (χ2v) is 7.51. The summed E-state index contributed by atoms with van der Waals surface area (Å²) in [5.74, 6) is 2.36. The summed E-state index contributed by atoms with van der Waals surface area (Å²) in [5.41, 5.74) is 3.18. The van der Waals surface area contributed by atoms with Gasteiger partial charge in [-0.05, 0) is 59.6 Å². The van der Waals surface area contributed by atoms with Gasteiger partial charge in [0.2, 0.25) is 0 Å². The van der Waals surface area contributed by atoms with Crippen molar-refractivity contribution in [3.8, 4) is 24.2 Å². The Kier molecular flexibility index (Phi) is 7.24. The fourth-order valence-electron chi connectivity index (χ4n) is 2.40. The summed E-state index contributed by atoms with van der Waals surface area (Å²) in [4.78, 5) is 12.6. The van der Waals surface area contributed by atoms with Gasteiger partial charge >= 0.3 is 0 Å². The molecule has 0 saturated carbocycles. The van der Waals surface area contributed by atoms with E-state index in [9.17, 15) is 10.1 Å². The zero-order valence-electron chi connectivity index (χ0n) is 14.8. The molecule has 2 rings (SSSR count). The molecule has 0 fully saturated rings.